The summed E-state index contributed by atoms with van der Waals surface area (Å²) in [5.41, 5.74) is 2.26. The Labute approximate surface area is 234 Å². The molecule has 39 heavy (non-hydrogen) atoms. The summed E-state index contributed by atoms with van der Waals surface area (Å²) in [7, 11) is 2.18. The van der Waals surface area contributed by atoms with Crippen molar-refractivity contribution in [2.45, 2.75) is 77.5 Å². The highest BCUT2D eigenvalue weighted by atomic mass is 32.1. The number of nitrogens with one attached hydrogen (secondary N) is 2. The number of amides is 1. The Hall–Kier alpha value is -3.08. The van der Waals surface area contributed by atoms with E-state index in [-0.39, 0.29) is 35.3 Å². The van der Waals surface area contributed by atoms with Crippen molar-refractivity contribution in [1.29, 1.82) is 0 Å². The minimum Gasteiger partial charge on any atom is -0.504 e. The summed E-state index contributed by atoms with van der Waals surface area (Å²) in [5, 5.41) is 27.1. The van der Waals surface area contributed by atoms with Crippen LogP contribution in [0.5, 0.6) is 5.75 Å². The molecule has 0 unspecified atom stereocenters. The number of benzene rings is 2. The molecule has 1 aromatic heterocycles. The summed E-state index contributed by atoms with van der Waals surface area (Å²) in [5.74, 6) is -0.220. The van der Waals surface area contributed by atoms with Gasteiger partial charge >= 0.3 is 0 Å². The van der Waals surface area contributed by atoms with E-state index >= 15 is 0 Å². The molecule has 1 aliphatic rings. The Morgan fingerprint density at radius 3 is 2.56 bits per heavy atom. The lowest BCUT2D eigenvalue weighted by Gasteiger charge is -2.53. The van der Waals surface area contributed by atoms with Crippen molar-refractivity contribution in [1.82, 2.24) is 9.27 Å². The third-order valence-electron chi connectivity index (χ3n) is 7.53. The van der Waals surface area contributed by atoms with Crippen LogP contribution >= 0.6 is 11.5 Å². The van der Waals surface area contributed by atoms with Gasteiger partial charge in [0.25, 0.3) is 0 Å². The monoisotopic (exact) mass is 552 g/mol. The third-order valence-corrected chi connectivity index (χ3v) is 8.29. The van der Waals surface area contributed by atoms with Crippen molar-refractivity contribution in [3.63, 3.8) is 0 Å². The summed E-state index contributed by atoms with van der Waals surface area (Å²) in [4.78, 5) is 15.2. The lowest BCUT2D eigenvalue weighted by Crippen LogP contribution is -2.60. The fraction of sp³-hybridized carbons (Fsp3) is 0.517. The van der Waals surface area contributed by atoms with Crippen molar-refractivity contribution in [2.75, 3.05) is 30.8 Å². The first-order valence-electron chi connectivity index (χ1n) is 13.5. The van der Waals surface area contributed by atoms with Crippen LogP contribution < -0.4 is 10.6 Å². The van der Waals surface area contributed by atoms with Crippen molar-refractivity contribution in [2.24, 2.45) is 10.2 Å². The molecule has 0 aliphatic carbocycles. The highest BCUT2D eigenvalue weighted by molar-refractivity contribution is 7.11. The molecule has 2 aromatic carbocycles. The van der Waals surface area contributed by atoms with Gasteiger partial charge in [-0.15, -0.1) is 10.2 Å². The van der Waals surface area contributed by atoms with Gasteiger partial charge in [-0.3, -0.25) is 9.69 Å². The maximum Gasteiger partial charge on any atom is 0.224 e. The van der Waals surface area contributed by atoms with E-state index in [1.807, 2.05) is 31.2 Å². The van der Waals surface area contributed by atoms with Crippen LogP contribution in [0, 0.1) is 0 Å². The Morgan fingerprint density at radius 2 is 1.85 bits per heavy atom. The lowest BCUT2D eigenvalue weighted by atomic mass is 9.79. The van der Waals surface area contributed by atoms with Gasteiger partial charge < -0.3 is 20.5 Å². The van der Waals surface area contributed by atoms with Crippen LogP contribution in [0.2, 0.25) is 0 Å². The number of rotatable bonds is 10. The molecule has 4 rings (SSSR count). The number of piperidine rings is 1. The van der Waals surface area contributed by atoms with E-state index in [2.05, 4.69) is 64.9 Å². The average Bonchev–Trinajstić information content (AvgIpc) is 3.29. The third kappa shape index (κ3) is 6.93. The summed E-state index contributed by atoms with van der Waals surface area (Å²) < 4.78 is 10.6. The van der Waals surface area contributed by atoms with Gasteiger partial charge in [-0.25, -0.2) is 0 Å². The Balaban J connectivity index is 1.37. The number of phenolic OH excluding ortho intramolecular Hbond substituents is 1. The molecular weight excluding hydrogens is 512 g/mol. The predicted octanol–water partition coefficient (Wildman–Crippen LogP) is 7.24. The van der Waals surface area contributed by atoms with Gasteiger partial charge in [0.05, 0.1) is 28.7 Å². The number of anilines is 2. The SMILES string of the molecule is CCNc1cc(N=Nc2snc3ccccc23)cc(NC(=O)CCCOC2CC(C)(C)N(C)C(C)(C)C2)c1O. The van der Waals surface area contributed by atoms with Gasteiger partial charge in [-0.05, 0) is 96.7 Å². The van der Waals surface area contributed by atoms with Gasteiger partial charge in [-0.2, -0.15) is 4.37 Å². The van der Waals surface area contributed by atoms with Crippen molar-refractivity contribution < 1.29 is 14.6 Å². The van der Waals surface area contributed by atoms with Crippen LogP contribution in [0.25, 0.3) is 10.9 Å². The largest absolute Gasteiger partial charge is 0.504 e. The zero-order valence-corrected chi connectivity index (χ0v) is 24.6. The fourth-order valence-corrected chi connectivity index (χ4v) is 5.93. The standard InChI is InChI=1S/C29H40N6O3S/c1-7-30-23-15-19(32-33-27-21-11-8-9-12-22(21)34-39-27)16-24(26(23)37)31-25(36)13-10-14-38-20-17-28(2,3)35(6)29(4,5)18-20/h8-9,11-12,15-16,20,30,37H,7,10,13-14,17-18H2,1-6H3,(H,31,36). The first-order valence-corrected chi connectivity index (χ1v) is 14.3. The molecule has 1 amide bonds. The summed E-state index contributed by atoms with van der Waals surface area (Å²) >= 11 is 1.28. The number of carbonyl (C=O) groups excluding carboxylic acids is 1. The predicted molar refractivity (Wildman–Crippen MR) is 159 cm³/mol. The molecule has 0 atom stereocenters. The van der Waals surface area contributed by atoms with E-state index in [1.165, 1.54) is 11.5 Å². The zero-order chi connectivity index (χ0) is 28.2. The highest BCUT2D eigenvalue weighted by Crippen LogP contribution is 2.39. The lowest BCUT2D eigenvalue weighted by molar-refractivity contribution is -0.117. The fourth-order valence-electron chi connectivity index (χ4n) is 5.24. The first kappa shape index (κ1) is 28.9. The summed E-state index contributed by atoms with van der Waals surface area (Å²) in [6.07, 6.45) is 2.96. The van der Waals surface area contributed by atoms with Gasteiger partial charge in [-0.1, -0.05) is 12.1 Å². The quantitative estimate of drug-likeness (QED) is 0.139. The number of hydrogen-bond acceptors (Lipinski definition) is 9. The highest BCUT2D eigenvalue weighted by Gasteiger charge is 2.43. The van der Waals surface area contributed by atoms with Gasteiger partial charge in [0.15, 0.2) is 10.8 Å². The van der Waals surface area contributed by atoms with Crippen LogP contribution in [0.1, 0.15) is 60.3 Å². The number of azo groups is 1. The maximum atomic E-state index is 12.8. The minimum atomic E-state index is -0.192. The molecule has 0 radical (unpaired) electrons. The number of carbonyl (C=O) groups is 1. The minimum absolute atomic E-state index is 0.0283. The molecule has 1 aliphatic heterocycles. The molecule has 0 spiro atoms. The second kappa shape index (κ2) is 12.0. The molecule has 1 saturated heterocycles. The van der Waals surface area contributed by atoms with E-state index in [9.17, 15) is 9.90 Å². The van der Waals surface area contributed by atoms with Gasteiger partial charge in [0, 0.05) is 36.0 Å². The number of ether oxygens (including phenoxy) is 1. The number of aromatic hydroxyl groups is 1. The van der Waals surface area contributed by atoms with Crippen LogP contribution in [0.4, 0.5) is 22.1 Å². The number of hydrogen-bond donors (Lipinski definition) is 3. The average molecular weight is 553 g/mol. The van der Waals surface area contributed by atoms with Gasteiger partial charge in [0.2, 0.25) is 5.91 Å². The molecular formula is C29H40N6O3S. The Bertz CT molecular complexity index is 1320. The van der Waals surface area contributed by atoms with E-state index in [1.54, 1.807) is 12.1 Å². The van der Waals surface area contributed by atoms with E-state index in [0.29, 0.717) is 41.6 Å². The number of likely N-dealkylation sites (tertiary alicyclic amines) is 1. The molecule has 10 heteroatoms. The molecule has 2 heterocycles. The second-order valence-electron chi connectivity index (χ2n) is 11.4. The van der Waals surface area contributed by atoms with Crippen molar-refractivity contribution in [3.05, 3.63) is 36.4 Å². The molecule has 0 bridgehead atoms. The molecule has 1 fully saturated rings. The number of nitrogens with zero attached hydrogens (tertiary/aromatic N) is 4. The second-order valence-corrected chi connectivity index (χ2v) is 12.1. The molecule has 0 saturated carbocycles. The molecule has 9 nitrogen and oxygen atoms in total. The van der Waals surface area contributed by atoms with E-state index in [0.717, 1.165) is 23.7 Å². The van der Waals surface area contributed by atoms with Crippen LogP contribution in [-0.2, 0) is 9.53 Å². The number of phenols is 1. The maximum absolute atomic E-state index is 12.8. The first-order chi connectivity index (χ1) is 18.5. The van der Waals surface area contributed by atoms with Crippen LogP contribution in [0.3, 0.4) is 0 Å². The zero-order valence-electron chi connectivity index (χ0n) is 23.7. The molecule has 3 aromatic rings. The van der Waals surface area contributed by atoms with Crippen LogP contribution in [-0.4, -0.2) is 57.7 Å². The normalized spacial score (nSPS) is 17.6. The van der Waals surface area contributed by atoms with E-state index in [4.69, 9.17) is 4.74 Å². The summed E-state index contributed by atoms with van der Waals surface area (Å²) in [6, 6.07) is 11.1. The number of aromatic nitrogens is 1. The molecule has 210 valence electrons. The number of fused-ring (bicyclic) bond motifs is 1. The van der Waals surface area contributed by atoms with Crippen molar-refractivity contribution >= 4 is 50.4 Å². The van der Waals surface area contributed by atoms with Crippen molar-refractivity contribution in [3.8, 4) is 5.75 Å². The topological polar surface area (TPSA) is 111 Å². The van der Waals surface area contributed by atoms with Gasteiger partial charge in [0.1, 0.15) is 0 Å². The summed E-state index contributed by atoms with van der Waals surface area (Å²) in [6.45, 7) is 12.0. The van der Waals surface area contributed by atoms with E-state index < -0.39 is 0 Å². The van der Waals surface area contributed by atoms with Crippen LogP contribution in [0.15, 0.2) is 46.6 Å². The smallest absolute Gasteiger partial charge is 0.224 e. The Morgan fingerprint density at radius 1 is 1.15 bits per heavy atom. The Kier molecular flexibility index (Phi) is 8.88. The molecule has 3 N–H and O–H groups in total.